The van der Waals surface area contributed by atoms with Gasteiger partial charge in [-0.3, -0.25) is 0 Å². The monoisotopic (exact) mass is 193 g/mol. The van der Waals surface area contributed by atoms with E-state index in [9.17, 15) is 9.18 Å². The summed E-state index contributed by atoms with van der Waals surface area (Å²) < 4.78 is 16.9. The standard InChI is InChI=1S/C10H8FNO2/c1-7-8(3-5-9(11)12-7)4-6-10(13)14-2/h3,5H,1-2H3. The molecule has 1 aromatic heterocycles. The molecule has 0 N–H and O–H groups in total. The van der Waals surface area contributed by atoms with Crippen molar-refractivity contribution in [3.05, 3.63) is 29.3 Å². The second-order valence-corrected chi connectivity index (χ2v) is 2.51. The predicted molar refractivity (Wildman–Crippen MR) is 47.8 cm³/mol. The third kappa shape index (κ3) is 2.56. The van der Waals surface area contributed by atoms with Gasteiger partial charge in [-0.15, -0.1) is 0 Å². The van der Waals surface area contributed by atoms with E-state index in [-0.39, 0.29) is 0 Å². The number of esters is 1. The Bertz CT molecular complexity index is 418. The summed E-state index contributed by atoms with van der Waals surface area (Å²) in [7, 11) is 1.24. The summed E-state index contributed by atoms with van der Waals surface area (Å²) in [5, 5.41) is 0. The number of rotatable bonds is 0. The highest BCUT2D eigenvalue weighted by Gasteiger charge is 1.98. The fourth-order valence-electron chi connectivity index (χ4n) is 0.832. The highest BCUT2D eigenvalue weighted by Crippen LogP contribution is 2.03. The lowest BCUT2D eigenvalue weighted by Gasteiger charge is -1.95. The normalized spacial score (nSPS) is 8.79. The fourth-order valence-corrected chi connectivity index (χ4v) is 0.832. The summed E-state index contributed by atoms with van der Waals surface area (Å²) in [5.74, 6) is 3.58. The zero-order chi connectivity index (χ0) is 10.6. The maximum atomic E-state index is 12.6. The molecule has 1 aromatic rings. The van der Waals surface area contributed by atoms with Crippen LogP contribution in [0.5, 0.6) is 0 Å². The van der Waals surface area contributed by atoms with Crippen molar-refractivity contribution in [1.82, 2.24) is 4.98 Å². The Morgan fingerprint density at radius 1 is 1.57 bits per heavy atom. The van der Waals surface area contributed by atoms with Crippen molar-refractivity contribution >= 4 is 5.97 Å². The number of ether oxygens (including phenoxy) is 1. The van der Waals surface area contributed by atoms with E-state index in [0.29, 0.717) is 11.3 Å². The first-order valence-electron chi connectivity index (χ1n) is 3.86. The molecule has 0 fully saturated rings. The van der Waals surface area contributed by atoms with Crippen molar-refractivity contribution in [1.29, 1.82) is 0 Å². The number of hydrogen-bond acceptors (Lipinski definition) is 3. The summed E-state index contributed by atoms with van der Waals surface area (Å²) in [5.41, 5.74) is 0.957. The number of pyridine rings is 1. The summed E-state index contributed by atoms with van der Waals surface area (Å²) in [6, 6.07) is 2.65. The largest absolute Gasteiger partial charge is 0.459 e. The van der Waals surface area contributed by atoms with E-state index in [4.69, 9.17) is 0 Å². The second-order valence-electron chi connectivity index (χ2n) is 2.51. The molecule has 4 heteroatoms. The quantitative estimate of drug-likeness (QED) is 0.351. The van der Waals surface area contributed by atoms with E-state index in [0.717, 1.165) is 0 Å². The summed E-state index contributed by atoms with van der Waals surface area (Å²) in [6.07, 6.45) is 0. The Kier molecular flexibility index (Phi) is 3.19. The Morgan fingerprint density at radius 2 is 2.29 bits per heavy atom. The van der Waals surface area contributed by atoms with Gasteiger partial charge < -0.3 is 4.74 Å². The third-order valence-electron chi connectivity index (χ3n) is 1.54. The van der Waals surface area contributed by atoms with E-state index in [1.54, 1.807) is 6.92 Å². The predicted octanol–water partition coefficient (Wildman–Crippen LogP) is 1.05. The molecular weight excluding hydrogens is 185 g/mol. The highest BCUT2D eigenvalue weighted by atomic mass is 19.1. The smallest absolute Gasteiger partial charge is 0.384 e. The van der Waals surface area contributed by atoms with Gasteiger partial charge in [0.1, 0.15) is 0 Å². The van der Waals surface area contributed by atoms with Crippen molar-refractivity contribution in [2.45, 2.75) is 6.92 Å². The molecule has 0 saturated heterocycles. The maximum absolute atomic E-state index is 12.6. The molecular formula is C10H8FNO2. The van der Waals surface area contributed by atoms with Crippen LogP contribution in [-0.4, -0.2) is 18.1 Å². The third-order valence-corrected chi connectivity index (χ3v) is 1.54. The molecule has 0 saturated carbocycles. The molecule has 0 spiro atoms. The minimum absolute atomic E-state index is 0.446. The topological polar surface area (TPSA) is 39.2 Å². The number of methoxy groups -OCH3 is 1. The number of aryl methyl sites for hydroxylation is 1. The van der Waals surface area contributed by atoms with Gasteiger partial charge in [-0.05, 0) is 19.1 Å². The number of hydrogen-bond donors (Lipinski definition) is 0. The summed E-state index contributed by atoms with van der Waals surface area (Å²) in [4.78, 5) is 14.2. The van der Waals surface area contributed by atoms with Crippen LogP contribution in [0.25, 0.3) is 0 Å². The van der Waals surface area contributed by atoms with E-state index in [1.165, 1.54) is 19.2 Å². The average molecular weight is 193 g/mol. The van der Waals surface area contributed by atoms with Gasteiger partial charge in [0.25, 0.3) is 0 Å². The zero-order valence-electron chi connectivity index (χ0n) is 7.80. The Balaban J connectivity index is 2.96. The number of nitrogens with zero attached hydrogens (tertiary/aromatic N) is 1. The fraction of sp³-hybridized carbons (Fsp3) is 0.200. The van der Waals surface area contributed by atoms with Crippen LogP contribution in [0.3, 0.4) is 0 Å². The number of halogens is 1. The molecule has 1 rings (SSSR count). The van der Waals surface area contributed by atoms with Crippen LogP contribution in [0, 0.1) is 24.7 Å². The van der Waals surface area contributed by atoms with Crippen LogP contribution in [0.4, 0.5) is 4.39 Å². The second kappa shape index (κ2) is 4.38. The molecule has 0 aromatic carbocycles. The van der Waals surface area contributed by atoms with Gasteiger partial charge in [0, 0.05) is 11.5 Å². The molecule has 72 valence electrons. The highest BCUT2D eigenvalue weighted by molar-refractivity contribution is 5.89. The van der Waals surface area contributed by atoms with Crippen LogP contribution in [0.15, 0.2) is 12.1 Å². The van der Waals surface area contributed by atoms with E-state index >= 15 is 0 Å². The SMILES string of the molecule is COC(=O)C#Cc1ccc(F)nc1C. The van der Waals surface area contributed by atoms with Crippen molar-refractivity contribution in [3.8, 4) is 11.8 Å². The van der Waals surface area contributed by atoms with E-state index < -0.39 is 11.9 Å². The van der Waals surface area contributed by atoms with Crippen LogP contribution in [-0.2, 0) is 9.53 Å². The molecule has 0 radical (unpaired) electrons. The van der Waals surface area contributed by atoms with Crippen molar-refractivity contribution in [3.63, 3.8) is 0 Å². The van der Waals surface area contributed by atoms with Gasteiger partial charge in [0.05, 0.1) is 12.8 Å². The lowest BCUT2D eigenvalue weighted by atomic mass is 10.2. The molecule has 14 heavy (non-hydrogen) atoms. The van der Waals surface area contributed by atoms with Crippen LogP contribution < -0.4 is 0 Å². The molecule has 0 aliphatic rings. The maximum Gasteiger partial charge on any atom is 0.384 e. The van der Waals surface area contributed by atoms with Gasteiger partial charge in [0.2, 0.25) is 5.95 Å². The van der Waals surface area contributed by atoms with E-state index in [2.05, 4.69) is 21.6 Å². The van der Waals surface area contributed by atoms with Gasteiger partial charge in [-0.25, -0.2) is 9.78 Å². The molecule has 0 bridgehead atoms. The van der Waals surface area contributed by atoms with Crippen LogP contribution in [0.2, 0.25) is 0 Å². The minimum Gasteiger partial charge on any atom is -0.459 e. The Labute approximate surface area is 80.9 Å². The summed E-state index contributed by atoms with van der Waals surface area (Å²) >= 11 is 0. The first-order valence-corrected chi connectivity index (χ1v) is 3.86. The molecule has 0 unspecified atom stereocenters. The lowest BCUT2D eigenvalue weighted by molar-refractivity contribution is -0.133. The Hall–Kier alpha value is -1.89. The molecule has 0 aliphatic carbocycles. The number of carbonyl (C=O) groups excluding carboxylic acids is 1. The van der Waals surface area contributed by atoms with Crippen LogP contribution >= 0.6 is 0 Å². The Morgan fingerprint density at radius 3 is 2.86 bits per heavy atom. The first kappa shape index (κ1) is 10.2. The lowest BCUT2D eigenvalue weighted by Crippen LogP contribution is -1.96. The molecule has 0 amide bonds. The van der Waals surface area contributed by atoms with Crippen molar-refractivity contribution in [2.24, 2.45) is 0 Å². The van der Waals surface area contributed by atoms with Gasteiger partial charge >= 0.3 is 5.97 Å². The van der Waals surface area contributed by atoms with Gasteiger partial charge in [-0.2, -0.15) is 4.39 Å². The number of aromatic nitrogens is 1. The van der Waals surface area contributed by atoms with Crippen LogP contribution in [0.1, 0.15) is 11.3 Å². The van der Waals surface area contributed by atoms with Crippen molar-refractivity contribution in [2.75, 3.05) is 7.11 Å². The molecule has 0 aliphatic heterocycles. The van der Waals surface area contributed by atoms with Gasteiger partial charge in [-0.1, -0.05) is 5.92 Å². The molecule has 0 atom stereocenters. The molecule has 1 heterocycles. The van der Waals surface area contributed by atoms with E-state index in [1.807, 2.05) is 0 Å². The minimum atomic E-state index is -0.631. The number of carbonyl (C=O) groups is 1. The zero-order valence-corrected chi connectivity index (χ0v) is 7.80. The van der Waals surface area contributed by atoms with Crippen molar-refractivity contribution < 1.29 is 13.9 Å². The van der Waals surface area contributed by atoms with Gasteiger partial charge in [0.15, 0.2) is 0 Å². The summed E-state index contributed by atoms with van der Waals surface area (Å²) in [6.45, 7) is 1.62. The molecule has 3 nitrogen and oxygen atoms in total. The average Bonchev–Trinajstić information content (AvgIpc) is 2.16. The first-order chi connectivity index (χ1) is 6.63.